The Morgan fingerprint density at radius 3 is 0.969 bits per heavy atom. The highest BCUT2D eigenvalue weighted by Crippen LogP contribution is 2.18. The van der Waals surface area contributed by atoms with Crippen molar-refractivity contribution in [3.8, 4) is 0 Å². The maximum atomic E-state index is 12.6. The van der Waals surface area contributed by atoms with Gasteiger partial charge in [0.15, 0.2) is 0 Å². The van der Waals surface area contributed by atoms with Gasteiger partial charge in [0.2, 0.25) is 5.91 Å². The second-order valence-electron chi connectivity index (χ2n) is 20.0. The number of unbranched alkanes of at least 4 members (excludes halogenated alkanes) is 38. The third-order valence-electron chi connectivity index (χ3n) is 13.6. The van der Waals surface area contributed by atoms with E-state index in [2.05, 4.69) is 55.6 Å². The van der Waals surface area contributed by atoms with Crippen molar-refractivity contribution in [2.75, 3.05) is 6.61 Å². The van der Waals surface area contributed by atoms with Crippen molar-refractivity contribution in [1.82, 2.24) is 5.32 Å². The second-order valence-corrected chi connectivity index (χ2v) is 20.0. The van der Waals surface area contributed by atoms with Crippen LogP contribution >= 0.6 is 0 Å². The Balaban J connectivity index is 3.69. The maximum absolute atomic E-state index is 12.6. The molecule has 4 unspecified atom stereocenters. The van der Waals surface area contributed by atoms with Crippen LogP contribution in [-0.4, -0.2) is 57.3 Å². The molecule has 6 heteroatoms. The molecule has 4 atom stereocenters. The predicted octanol–water partition coefficient (Wildman–Crippen LogP) is 16.8. The summed E-state index contributed by atoms with van der Waals surface area (Å²) >= 11 is 0. The quantitative estimate of drug-likeness (QED) is 0.0308. The standard InChI is InChI=1S/C59H113NO5/c1-3-5-7-9-11-13-15-17-19-21-23-25-27-29-31-32-34-36-38-40-42-44-46-48-50-52-56(62)58(64)55(54-61)60-59(65)57(63)53-51-49-47-45-43-41-39-37-35-33-30-28-26-24-22-20-18-16-14-12-10-8-6-4-2/h29,31,36,38,44,46,55-58,61-64H,3-28,30,32-35,37,39-43,45,47-54H2,1-2H3,(H,60,65)/b31-29+,38-36+,46-44+. The summed E-state index contributed by atoms with van der Waals surface area (Å²) in [4.78, 5) is 12.6. The largest absolute Gasteiger partial charge is 0.394 e. The fraction of sp³-hybridized carbons (Fsp3) is 0.881. The Morgan fingerprint density at radius 1 is 0.369 bits per heavy atom. The molecule has 0 saturated heterocycles. The molecule has 0 fully saturated rings. The van der Waals surface area contributed by atoms with Crippen LogP contribution in [0.3, 0.4) is 0 Å². The van der Waals surface area contributed by atoms with E-state index in [1.165, 1.54) is 218 Å². The molecule has 5 N–H and O–H groups in total. The summed E-state index contributed by atoms with van der Waals surface area (Å²) in [7, 11) is 0. The molecule has 0 aliphatic carbocycles. The van der Waals surface area contributed by atoms with Crippen LogP contribution in [0, 0.1) is 0 Å². The van der Waals surface area contributed by atoms with Gasteiger partial charge >= 0.3 is 0 Å². The monoisotopic (exact) mass is 916 g/mol. The Hall–Kier alpha value is -1.47. The average Bonchev–Trinajstić information content (AvgIpc) is 3.31. The lowest BCUT2D eigenvalue weighted by Crippen LogP contribution is -2.53. The molecule has 0 aliphatic rings. The number of rotatable bonds is 53. The first-order valence-corrected chi connectivity index (χ1v) is 28.9. The molecular weight excluding hydrogens is 803 g/mol. The average molecular weight is 917 g/mol. The Bertz CT molecular complexity index is 1030. The van der Waals surface area contributed by atoms with Gasteiger partial charge in [0.1, 0.15) is 12.2 Å². The Labute approximate surface area is 405 Å². The summed E-state index contributed by atoms with van der Waals surface area (Å²) < 4.78 is 0. The molecule has 1 amide bonds. The van der Waals surface area contributed by atoms with E-state index in [-0.39, 0.29) is 0 Å². The first kappa shape index (κ1) is 63.5. The first-order chi connectivity index (χ1) is 32.0. The van der Waals surface area contributed by atoms with Gasteiger partial charge in [-0.1, -0.05) is 275 Å². The molecule has 0 aromatic carbocycles. The highest BCUT2D eigenvalue weighted by molar-refractivity contribution is 5.80. The van der Waals surface area contributed by atoms with Gasteiger partial charge in [0.05, 0.1) is 18.8 Å². The fourth-order valence-corrected chi connectivity index (χ4v) is 9.03. The predicted molar refractivity (Wildman–Crippen MR) is 284 cm³/mol. The van der Waals surface area contributed by atoms with E-state index in [4.69, 9.17) is 0 Å². The van der Waals surface area contributed by atoms with Crippen LogP contribution in [0.4, 0.5) is 0 Å². The SMILES string of the molecule is CCCCCCCCCCCCCC/C=C/CC/C=C/CC/C=C/CCCC(O)C(O)C(CO)NC(=O)C(O)CCCCCCCCCCCCCCCCCCCCCCCCCC. The van der Waals surface area contributed by atoms with E-state index in [0.717, 1.165) is 51.4 Å². The Kier molecular flexibility index (Phi) is 52.3. The number of amides is 1. The van der Waals surface area contributed by atoms with Gasteiger partial charge in [-0.15, -0.1) is 0 Å². The lowest BCUT2D eigenvalue weighted by atomic mass is 10.00. The van der Waals surface area contributed by atoms with E-state index in [1.807, 2.05) is 0 Å². The molecule has 0 aromatic rings. The third kappa shape index (κ3) is 47.4. The lowest BCUT2D eigenvalue weighted by Gasteiger charge is -2.27. The zero-order valence-corrected chi connectivity index (χ0v) is 43.5. The number of aliphatic hydroxyl groups excluding tert-OH is 4. The van der Waals surface area contributed by atoms with Gasteiger partial charge in [0, 0.05) is 0 Å². The van der Waals surface area contributed by atoms with Gasteiger partial charge < -0.3 is 25.7 Å². The van der Waals surface area contributed by atoms with Crippen LogP contribution < -0.4 is 5.32 Å². The smallest absolute Gasteiger partial charge is 0.249 e. The summed E-state index contributed by atoms with van der Waals surface area (Å²) in [6.07, 6.45) is 66.5. The van der Waals surface area contributed by atoms with Crippen LogP contribution in [0.5, 0.6) is 0 Å². The van der Waals surface area contributed by atoms with Crippen molar-refractivity contribution < 1.29 is 25.2 Å². The van der Waals surface area contributed by atoms with Crippen molar-refractivity contribution in [2.24, 2.45) is 0 Å². The van der Waals surface area contributed by atoms with Crippen molar-refractivity contribution >= 4 is 5.91 Å². The topological polar surface area (TPSA) is 110 Å². The van der Waals surface area contributed by atoms with Gasteiger partial charge in [-0.3, -0.25) is 4.79 Å². The van der Waals surface area contributed by atoms with E-state index < -0.39 is 36.9 Å². The normalized spacial score (nSPS) is 14.0. The summed E-state index contributed by atoms with van der Waals surface area (Å²) in [5.41, 5.74) is 0. The van der Waals surface area contributed by atoms with Gasteiger partial charge in [-0.25, -0.2) is 0 Å². The highest BCUT2D eigenvalue weighted by atomic mass is 16.3. The van der Waals surface area contributed by atoms with Gasteiger partial charge in [0.25, 0.3) is 0 Å². The maximum Gasteiger partial charge on any atom is 0.249 e. The number of carbonyl (C=O) groups excluding carboxylic acids is 1. The van der Waals surface area contributed by atoms with Crippen LogP contribution in [0.15, 0.2) is 36.5 Å². The summed E-state index contributed by atoms with van der Waals surface area (Å²) in [6.45, 7) is 4.07. The minimum atomic E-state index is -1.29. The zero-order valence-electron chi connectivity index (χ0n) is 43.5. The molecule has 65 heavy (non-hydrogen) atoms. The molecule has 0 aromatic heterocycles. The molecule has 384 valence electrons. The fourth-order valence-electron chi connectivity index (χ4n) is 9.03. The first-order valence-electron chi connectivity index (χ1n) is 28.9. The zero-order chi connectivity index (χ0) is 47.4. The molecule has 0 bridgehead atoms. The van der Waals surface area contributed by atoms with E-state index >= 15 is 0 Å². The van der Waals surface area contributed by atoms with Gasteiger partial charge in [-0.2, -0.15) is 0 Å². The van der Waals surface area contributed by atoms with Crippen molar-refractivity contribution in [3.05, 3.63) is 36.5 Å². The molecule has 0 spiro atoms. The number of hydrogen-bond donors (Lipinski definition) is 5. The van der Waals surface area contributed by atoms with Crippen LogP contribution in [-0.2, 0) is 4.79 Å². The molecule has 6 nitrogen and oxygen atoms in total. The number of nitrogens with one attached hydrogen (secondary N) is 1. The van der Waals surface area contributed by atoms with E-state index in [9.17, 15) is 25.2 Å². The Morgan fingerprint density at radius 2 is 0.646 bits per heavy atom. The minimum Gasteiger partial charge on any atom is -0.394 e. The van der Waals surface area contributed by atoms with Crippen LogP contribution in [0.2, 0.25) is 0 Å². The lowest BCUT2D eigenvalue weighted by molar-refractivity contribution is -0.132. The van der Waals surface area contributed by atoms with Crippen molar-refractivity contribution in [2.45, 2.75) is 327 Å². The molecule has 0 radical (unpaired) electrons. The van der Waals surface area contributed by atoms with Crippen molar-refractivity contribution in [1.29, 1.82) is 0 Å². The number of carbonyl (C=O) groups is 1. The minimum absolute atomic E-state index is 0.362. The molecular formula is C59H113NO5. The van der Waals surface area contributed by atoms with Crippen LogP contribution in [0.1, 0.15) is 303 Å². The molecule has 0 aliphatic heterocycles. The molecule has 0 rings (SSSR count). The van der Waals surface area contributed by atoms with Gasteiger partial charge in [-0.05, 0) is 64.2 Å². The number of hydrogen-bond acceptors (Lipinski definition) is 5. The highest BCUT2D eigenvalue weighted by Gasteiger charge is 2.28. The number of aliphatic hydroxyl groups is 4. The van der Waals surface area contributed by atoms with E-state index in [0.29, 0.717) is 19.3 Å². The van der Waals surface area contributed by atoms with Crippen LogP contribution in [0.25, 0.3) is 0 Å². The number of allylic oxidation sites excluding steroid dienone is 6. The summed E-state index contributed by atoms with van der Waals surface area (Å²) in [5, 5.41) is 44.0. The molecule has 0 saturated carbocycles. The van der Waals surface area contributed by atoms with Crippen molar-refractivity contribution in [3.63, 3.8) is 0 Å². The molecule has 0 heterocycles. The second kappa shape index (κ2) is 53.5. The summed E-state index contributed by atoms with van der Waals surface area (Å²) in [6, 6.07) is -1.01. The third-order valence-corrected chi connectivity index (χ3v) is 13.6. The summed E-state index contributed by atoms with van der Waals surface area (Å²) in [5.74, 6) is -0.595. The van der Waals surface area contributed by atoms with E-state index in [1.54, 1.807) is 0 Å².